The fraction of sp³-hybridized carbons (Fsp3) is 0.167. The highest BCUT2D eigenvalue weighted by molar-refractivity contribution is 7.14. The van der Waals surface area contributed by atoms with Gasteiger partial charge in [0.05, 0.1) is 19.1 Å². The number of hydrogen-bond donors (Lipinski definition) is 0. The van der Waals surface area contributed by atoms with Crippen molar-refractivity contribution < 1.29 is 13.9 Å². The molecule has 0 radical (unpaired) electrons. The second-order valence-corrected chi connectivity index (χ2v) is 7.59. The van der Waals surface area contributed by atoms with Crippen molar-refractivity contribution in [2.45, 2.75) is 12.8 Å². The minimum atomic E-state index is -0.00760. The minimum Gasteiger partial charge on any atom is -0.496 e. The van der Waals surface area contributed by atoms with Gasteiger partial charge in [-0.05, 0) is 29.7 Å². The molecule has 5 nitrogen and oxygen atoms in total. The van der Waals surface area contributed by atoms with Gasteiger partial charge in [0.2, 0.25) is 5.91 Å². The van der Waals surface area contributed by atoms with Crippen LogP contribution < -0.4 is 9.64 Å². The SMILES string of the molecule is C=CCN(C(=O)CCc1ccco1)c1nc(-c2ccc(OC)c3ccccc23)cs1. The summed E-state index contributed by atoms with van der Waals surface area (Å²) in [6, 6.07) is 15.7. The molecule has 2 aromatic heterocycles. The van der Waals surface area contributed by atoms with Crippen LogP contribution in [0.2, 0.25) is 0 Å². The number of thiazole rings is 1. The van der Waals surface area contributed by atoms with Crippen molar-refractivity contribution in [1.29, 1.82) is 0 Å². The van der Waals surface area contributed by atoms with Gasteiger partial charge in [-0.2, -0.15) is 0 Å². The lowest BCUT2D eigenvalue weighted by atomic mass is 10.0. The van der Waals surface area contributed by atoms with E-state index >= 15 is 0 Å². The second kappa shape index (κ2) is 8.97. The van der Waals surface area contributed by atoms with E-state index in [1.165, 1.54) is 11.3 Å². The first-order chi connectivity index (χ1) is 14.7. The highest BCUT2D eigenvalue weighted by Crippen LogP contribution is 2.36. The number of furan rings is 1. The number of carbonyl (C=O) groups is 1. The molecule has 4 aromatic rings. The first-order valence-corrected chi connectivity index (χ1v) is 10.5. The molecule has 0 N–H and O–H groups in total. The molecule has 4 rings (SSSR count). The van der Waals surface area contributed by atoms with Gasteiger partial charge in [-0.25, -0.2) is 4.98 Å². The molecular weight excluding hydrogens is 396 g/mol. The lowest BCUT2D eigenvalue weighted by Gasteiger charge is -2.17. The van der Waals surface area contributed by atoms with E-state index in [-0.39, 0.29) is 5.91 Å². The van der Waals surface area contributed by atoms with Crippen LogP contribution in [-0.2, 0) is 11.2 Å². The van der Waals surface area contributed by atoms with Crippen LogP contribution in [0.3, 0.4) is 0 Å². The average Bonchev–Trinajstić information content (AvgIpc) is 3.47. The summed E-state index contributed by atoms with van der Waals surface area (Å²) in [4.78, 5) is 19.3. The van der Waals surface area contributed by atoms with Gasteiger partial charge in [0.1, 0.15) is 11.5 Å². The van der Waals surface area contributed by atoms with Crippen molar-refractivity contribution in [2.75, 3.05) is 18.6 Å². The van der Waals surface area contributed by atoms with Crippen molar-refractivity contribution in [2.24, 2.45) is 0 Å². The normalized spacial score (nSPS) is 10.8. The molecule has 6 heteroatoms. The van der Waals surface area contributed by atoms with Crippen LogP contribution in [0.25, 0.3) is 22.0 Å². The summed E-state index contributed by atoms with van der Waals surface area (Å²) in [7, 11) is 1.67. The topological polar surface area (TPSA) is 55.6 Å². The lowest BCUT2D eigenvalue weighted by molar-refractivity contribution is -0.118. The summed E-state index contributed by atoms with van der Waals surface area (Å²) in [5.74, 6) is 1.62. The Morgan fingerprint density at radius 2 is 2.03 bits per heavy atom. The zero-order valence-corrected chi connectivity index (χ0v) is 17.5. The first kappa shape index (κ1) is 19.9. The maximum atomic E-state index is 12.9. The number of amides is 1. The number of carbonyl (C=O) groups excluding carboxylic acids is 1. The molecule has 1 amide bonds. The van der Waals surface area contributed by atoms with Gasteiger partial charge in [-0.15, -0.1) is 17.9 Å². The van der Waals surface area contributed by atoms with Gasteiger partial charge in [0.25, 0.3) is 0 Å². The van der Waals surface area contributed by atoms with E-state index in [4.69, 9.17) is 14.1 Å². The zero-order chi connectivity index (χ0) is 20.9. The molecule has 0 atom stereocenters. The molecule has 0 aliphatic rings. The van der Waals surface area contributed by atoms with E-state index in [0.29, 0.717) is 24.5 Å². The van der Waals surface area contributed by atoms with Crippen LogP contribution in [-0.4, -0.2) is 24.5 Å². The van der Waals surface area contributed by atoms with E-state index in [1.54, 1.807) is 24.3 Å². The summed E-state index contributed by atoms with van der Waals surface area (Å²) >= 11 is 1.45. The van der Waals surface area contributed by atoms with Crippen molar-refractivity contribution >= 4 is 33.1 Å². The molecule has 0 saturated heterocycles. The number of ether oxygens (including phenoxy) is 1. The number of benzene rings is 2. The molecule has 2 aromatic carbocycles. The van der Waals surface area contributed by atoms with E-state index in [1.807, 2.05) is 47.8 Å². The van der Waals surface area contributed by atoms with Crippen LogP contribution in [0.15, 0.2) is 77.2 Å². The maximum absolute atomic E-state index is 12.9. The Kier molecular flexibility index (Phi) is 5.95. The Labute approximate surface area is 179 Å². The maximum Gasteiger partial charge on any atom is 0.229 e. The van der Waals surface area contributed by atoms with Crippen LogP contribution >= 0.6 is 11.3 Å². The van der Waals surface area contributed by atoms with Crippen LogP contribution in [0.1, 0.15) is 12.2 Å². The lowest BCUT2D eigenvalue weighted by Crippen LogP contribution is -2.31. The summed E-state index contributed by atoms with van der Waals surface area (Å²) in [6.45, 7) is 4.20. The predicted octanol–water partition coefficient (Wildman–Crippen LogP) is 5.72. The van der Waals surface area contributed by atoms with Gasteiger partial charge >= 0.3 is 0 Å². The molecule has 0 spiro atoms. The molecule has 0 bridgehead atoms. The van der Waals surface area contributed by atoms with E-state index in [9.17, 15) is 4.79 Å². The van der Waals surface area contributed by atoms with Crippen molar-refractivity contribution in [1.82, 2.24) is 4.98 Å². The molecule has 152 valence electrons. The molecule has 0 aliphatic heterocycles. The number of anilines is 1. The number of fused-ring (bicyclic) bond motifs is 1. The average molecular weight is 419 g/mol. The second-order valence-electron chi connectivity index (χ2n) is 6.75. The highest BCUT2D eigenvalue weighted by Gasteiger charge is 2.19. The fourth-order valence-electron chi connectivity index (χ4n) is 3.42. The molecule has 0 unspecified atom stereocenters. The Balaban J connectivity index is 1.62. The Bertz CT molecular complexity index is 1160. The summed E-state index contributed by atoms with van der Waals surface area (Å²) in [6.07, 6.45) is 4.24. The number of methoxy groups -OCH3 is 1. The third-order valence-corrected chi connectivity index (χ3v) is 5.74. The first-order valence-electron chi connectivity index (χ1n) is 9.66. The Morgan fingerprint density at radius 3 is 2.77 bits per heavy atom. The fourth-order valence-corrected chi connectivity index (χ4v) is 4.27. The van der Waals surface area contributed by atoms with Gasteiger partial charge in [0.15, 0.2) is 5.13 Å². The Morgan fingerprint density at radius 1 is 1.20 bits per heavy atom. The molecule has 30 heavy (non-hydrogen) atoms. The quantitative estimate of drug-likeness (QED) is 0.344. The number of hydrogen-bond acceptors (Lipinski definition) is 5. The third kappa shape index (κ3) is 4.00. The number of aromatic nitrogens is 1. The summed E-state index contributed by atoms with van der Waals surface area (Å²) in [5.41, 5.74) is 1.84. The van der Waals surface area contributed by atoms with E-state index < -0.39 is 0 Å². The number of aryl methyl sites for hydroxylation is 1. The van der Waals surface area contributed by atoms with Crippen LogP contribution in [0, 0.1) is 0 Å². The molecule has 0 aliphatic carbocycles. The third-order valence-electron chi connectivity index (χ3n) is 4.88. The predicted molar refractivity (Wildman–Crippen MR) is 121 cm³/mol. The van der Waals surface area contributed by atoms with Crippen molar-refractivity contribution in [3.8, 4) is 17.0 Å². The standard InChI is InChI=1S/C24H22N2O3S/c1-3-14-26(23(27)13-10-17-7-6-15-29-17)24-25-21(16-30-24)19-11-12-22(28-2)20-9-5-4-8-18(19)20/h3-9,11-12,15-16H,1,10,13-14H2,2H3. The summed E-state index contributed by atoms with van der Waals surface area (Å²) < 4.78 is 10.8. The molecular formula is C24H22N2O3S. The van der Waals surface area contributed by atoms with Gasteiger partial charge in [-0.1, -0.05) is 30.3 Å². The van der Waals surface area contributed by atoms with Crippen LogP contribution in [0.5, 0.6) is 5.75 Å². The number of rotatable bonds is 8. The van der Waals surface area contributed by atoms with Crippen molar-refractivity contribution in [3.05, 3.63) is 78.6 Å². The van der Waals surface area contributed by atoms with Gasteiger partial charge in [-0.3, -0.25) is 9.69 Å². The largest absolute Gasteiger partial charge is 0.496 e. The monoisotopic (exact) mass is 418 g/mol. The highest BCUT2D eigenvalue weighted by atomic mass is 32.1. The summed E-state index contributed by atoms with van der Waals surface area (Å²) in [5, 5.41) is 4.74. The van der Waals surface area contributed by atoms with Gasteiger partial charge < -0.3 is 9.15 Å². The van der Waals surface area contributed by atoms with Crippen molar-refractivity contribution in [3.63, 3.8) is 0 Å². The molecule has 2 heterocycles. The zero-order valence-electron chi connectivity index (χ0n) is 16.7. The van der Waals surface area contributed by atoms with E-state index in [0.717, 1.165) is 33.5 Å². The minimum absolute atomic E-state index is 0.00760. The number of nitrogens with zero attached hydrogens (tertiary/aromatic N) is 2. The van der Waals surface area contributed by atoms with E-state index in [2.05, 4.69) is 12.6 Å². The van der Waals surface area contributed by atoms with Crippen LogP contribution in [0.4, 0.5) is 5.13 Å². The molecule has 0 saturated carbocycles. The smallest absolute Gasteiger partial charge is 0.229 e. The van der Waals surface area contributed by atoms with Gasteiger partial charge in [0, 0.05) is 35.7 Å². The molecule has 0 fully saturated rings. The Hall–Kier alpha value is -3.38.